The number of carbonyl (C=O) groups is 2. The van der Waals surface area contributed by atoms with Gasteiger partial charge in [0.1, 0.15) is 29.3 Å². The molecule has 2 unspecified atom stereocenters. The van der Waals surface area contributed by atoms with Crippen LogP contribution in [0.4, 0.5) is 0 Å². The van der Waals surface area contributed by atoms with Crippen LogP contribution in [-0.4, -0.2) is 56.7 Å². The van der Waals surface area contributed by atoms with Crippen molar-refractivity contribution in [2.75, 3.05) is 27.4 Å². The molecule has 3 rings (SSSR count). The molecule has 0 spiro atoms. The number of hydrogen-bond donors (Lipinski definition) is 1. The molecule has 43 heavy (non-hydrogen) atoms. The van der Waals surface area contributed by atoms with Gasteiger partial charge in [0, 0.05) is 27.1 Å². The number of methoxy groups -OCH3 is 2. The van der Waals surface area contributed by atoms with Crippen LogP contribution >= 0.6 is 0 Å². The molecule has 8 nitrogen and oxygen atoms in total. The van der Waals surface area contributed by atoms with E-state index in [-0.39, 0.29) is 6.61 Å². The number of unbranched alkanes of at least 4 members (excludes halogenated alkanes) is 2. The van der Waals surface area contributed by atoms with Crippen LogP contribution < -0.4 is 9.47 Å². The number of ether oxygens (including phenoxy) is 5. The first kappa shape index (κ1) is 33.6. The third kappa shape index (κ3) is 9.56. The highest BCUT2D eigenvalue weighted by molar-refractivity contribution is 5.67. The number of rotatable bonds is 18. The van der Waals surface area contributed by atoms with E-state index < -0.39 is 29.7 Å². The summed E-state index contributed by atoms with van der Waals surface area (Å²) in [4.78, 5) is 23.5. The summed E-state index contributed by atoms with van der Waals surface area (Å²) in [5, 5.41) is 9.28. The monoisotopic (exact) mass is 592 g/mol. The van der Waals surface area contributed by atoms with Gasteiger partial charge in [-0.2, -0.15) is 0 Å². The van der Waals surface area contributed by atoms with E-state index in [0.717, 1.165) is 47.5 Å². The summed E-state index contributed by atoms with van der Waals surface area (Å²) < 4.78 is 28.7. The number of hydrogen-bond acceptors (Lipinski definition) is 8. The predicted octanol–water partition coefficient (Wildman–Crippen LogP) is 6.21. The summed E-state index contributed by atoms with van der Waals surface area (Å²) in [5.41, 5.74) is 2.04. The lowest BCUT2D eigenvalue weighted by Crippen LogP contribution is -2.35. The van der Waals surface area contributed by atoms with Crippen LogP contribution in [0.15, 0.2) is 78.9 Å². The van der Waals surface area contributed by atoms with Crippen molar-refractivity contribution in [1.82, 2.24) is 0 Å². The second-order valence-corrected chi connectivity index (χ2v) is 10.4. The second kappa shape index (κ2) is 17.3. The molecule has 2 atom stereocenters. The Balaban J connectivity index is 1.80. The van der Waals surface area contributed by atoms with Gasteiger partial charge in [-0.05, 0) is 73.1 Å². The maximum atomic E-state index is 11.8. The number of esters is 2. The Morgan fingerprint density at radius 3 is 1.56 bits per heavy atom. The van der Waals surface area contributed by atoms with Gasteiger partial charge < -0.3 is 28.8 Å². The fraction of sp³-hybridized carbons (Fsp3) is 0.429. The standard InChI is InChI=1S/C35H44O8/c1-26(37)42-33(34(15-11-24-36)43-27(2)38)14-9-6-10-25-41-35(28-12-7-5-8-13-28,29-16-20-31(39-3)21-17-29)30-18-22-32(40-4)23-19-30/h5,7-8,12-13,16-23,33-34,36H,6,9-11,14-15,24-25H2,1-4H3. The van der Waals surface area contributed by atoms with E-state index >= 15 is 0 Å². The van der Waals surface area contributed by atoms with E-state index in [9.17, 15) is 14.7 Å². The molecular weight excluding hydrogens is 548 g/mol. The van der Waals surface area contributed by atoms with Crippen LogP contribution in [0, 0.1) is 0 Å². The Bertz CT molecular complexity index is 1190. The van der Waals surface area contributed by atoms with Crippen molar-refractivity contribution in [2.24, 2.45) is 0 Å². The minimum Gasteiger partial charge on any atom is -0.497 e. The van der Waals surface area contributed by atoms with Gasteiger partial charge in [-0.15, -0.1) is 0 Å². The van der Waals surface area contributed by atoms with Gasteiger partial charge in [-0.1, -0.05) is 61.0 Å². The summed E-state index contributed by atoms with van der Waals surface area (Å²) >= 11 is 0. The zero-order valence-electron chi connectivity index (χ0n) is 25.6. The summed E-state index contributed by atoms with van der Waals surface area (Å²) in [5.74, 6) is 0.645. The SMILES string of the molecule is COc1ccc(C(OCCCCCC(OC(C)=O)C(CCCO)OC(C)=O)(c2ccccc2)c2ccc(OC)cc2)cc1. The smallest absolute Gasteiger partial charge is 0.303 e. The topological polar surface area (TPSA) is 101 Å². The maximum absolute atomic E-state index is 11.8. The van der Waals surface area contributed by atoms with Crippen LogP contribution in [0.3, 0.4) is 0 Å². The lowest BCUT2D eigenvalue weighted by molar-refractivity contribution is -0.166. The third-order valence-corrected chi connectivity index (χ3v) is 7.32. The maximum Gasteiger partial charge on any atom is 0.303 e. The van der Waals surface area contributed by atoms with Gasteiger partial charge in [0.05, 0.1) is 14.2 Å². The van der Waals surface area contributed by atoms with Gasteiger partial charge >= 0.3 is 11.9 Å². The van der Waals surface area contributed by atoms with E-state index in [1.165, 1.54) is 13.8 Å². The van der Waals surface area contributed by atoms with Crippen molar-refractivity contribution < 1.29 is 38.4 Å². The average molecular weight is 593 g/mol. The molecule has 3 aromatic carbocycles. The zero-order chi connectivity index (χ0) is 31.1. The minimum absolute atomic E-state index is 0.0343. The molecule has 0 aliphatic rings. The minimum atomic E-state index is -0.884. The molecule has 0 aliphatic heterocycles. The van der Waals surface area contributed by atoms with Crippen molar-refractivity contribution in [3.8, 4) is 11.5 Å². The van der Waals surface area contributed by atoms with Gasteiger partial charge in [-0.25, -0.2) is 0 Å². The van der Waals surface area contributed by atoms with Crippen LogP contribution in [0.25, 0.3) is 0 Å². The lowest BCUT2D eigenvalue weighted by atomic mass is 9.80. The molecule has 0 aliphatic carbocycles. The third-order valence-electron chi connectivity index (χ3n) is 7.32. The van der Waals surface area contributed by atoms with Gasteiger partial charge in [0.15, 0.2) is 0 Å². The lowest BCUT2D eigenvalue weighted by Gasteiger charge is -2.36. The summed E-state index contributed by atoms with van der Waals surface area (Å²) in [6.45, 7) is 3.11. The second-order valence-electron chi connectivity index (χ2n) is 10.4. The molecule has 0 fully saturated rings. The Morgan fingerprint density at radius 1 is 0.651 bits per heavy atom. The van der Waals surface area contributed by atoms with Gasteiger partial charge in [0.25, 0.3) is 0 Å². The molecular formula is C35H44O8. The Labute approximate surface area is 254 Å². The van der Waals surface area contributed by atoms with E-state index in [2.05, 4.69) is 12.1 Å². The molecule has 8 heteroatoms. The van der Waals surface area contributed by atoms with Crippen molar-refractivity contribution in [3.63, 3.8) is 0 Å². The number of benzene rings is 3. The highest BCUT2D eigenvalue weighted by Crippen LogP contribution is 2.41. The molecule has 0 saturated heterocycles. The quantitative estimate of drug-likeness (QED) is 0.106. The normalized spacial score (nSPS) is 12.7. The van der Waals surface area contributed by atoms with Crippen molar-refractivity contribution in [2.45, 2.75) is 70.2 Å². The Hall–Kier alpha value is -3.88. The molecule has 0 saturated carbocycles. The van der Waals surface area contributed by atoms with Gasteiger partial charge in [0.2, 0.25) is 0 Å². The number of aliphatic hydroxyl groups is 1. The Morgan fingerprint density at radius 2 is 1.12 bits per heavy atom. The average Bonchev–Trinajstić information content (AvgIpc) is 3.02. The Kier molecular flexibility index (Phi) is 13.5. The molecule has 0 amide bonds. The summed E-state index contributed by atoms with van der Waals surface area (Å²) in [6, 6.07) is 26.0. The van der Waals surface area contributed by atoms with Crippen LogP contribution in [0.5, 0.6) is 11.5 Å². The van der Waals surface area contributed by atoms with E-state index in [1.807, 2.05) is 66.7 Å². The van der Waals surface area contributed by atoms with E-state index in [1.54, 1.807) is 14.2 Å². The first-order valence-electron chi connectivity index (χ1n) is 14.8. The number of carbonyl (C=O) groups excluding carboxylic acids is 2. The van der Waals surface area contributed by atoms with E-state index in [0.29, 0.717) is 25.9 Å². The summed E-state index contributed by atoms with van der Waals surface area (Å²) in [7, 11) is 3.29. The molecule has 1 N–H and O–H groups in total. The first-order valence-corrected chi connectivity index (χ1v) is 14.8. The zero-order valence-corrected chi connectivity index (χ0v) is 25.6. The van der Waals surface area contributed by atoms with Crippen LogP contribution in [0.2, 0.25) is 0 Å². The van der Waals surface area contributed by atoms with E-state index in [4.69, 9.17) is 23.7 Å². The molecule has 232 valence electrons. The highest BCUT2D eigenvalue weighted by Gasteiger charge is 2.37. The van der Waals surface area contributed by atoms with Crippen LogP contribution in [0.1, 0.15) is 69.1 Å². The largest absolute Gasteiger partial charge is 0.497 e. The molecule has 0 bridgehead atoms. The number of aliphatic hydroxyl groups excluding tert-OH is 1. The summed E-state index contributed by atoms with van der Waals surface area (Å²) in [6.07, 6.45) is 2.52. The van der Waals surface area contributed by atoms with Crippen molar-refractivity contribution in [3.05, 3.63) is 95.6 Å². The van der Waals surface area contributed by atoms with Gasteiger partial charge in [-0.3, -0.25) is 9.59 Å². The fourth-order valence-electron chi connectivity index (χ4n) is 5.28. The highest BCUT2D eigenvalue weighted by atomic mass is 16.6. The molecule has 0 aromatic heterocycles. The fourth-order valence-corrected chi connectivity index (χ4v) is 5.28. The molecule has 0 radical (unpaired) electrons. The van der Waals surface area contributed by atoms with Crippen molar-refractivity contribution in [1.29, 1.82) is 0 Å². The molecule has 0 heterocycles. The molecule has 3 aromatic rings. The van der Waals surface area contributed by atoms with Crippen molar-refractivity contribution >= 4 is 11.9 Å². The van der Waals surface area contributed by atoms with Crippen LogP contribution in [-0.2, 0) is 29.4 Å². The first-order chi connectivity index (χ1) is 20.8. The predicted molar refractivity (Wildman–Crippen MR) is 164 cm³/mol.